The summed E-state index contributed by atoms with van der Waals surface area (Å²) in [4.78, 5) is 24.3. The molecule has 2 aromatic rings. The molecular formula is C19H23ClN4O4. The Kier molecular flexibility index (Phi) is 7.74. The summed E-state index contributed by atoms with van der Waals surface area (Å²) in [5, 5.41) is 26.8. The minimum atomic E-state index is -0.744. The number of carbonyl (C=O) groups is 1. The number of non-ortho nitro benzene ring substituents is 1. The molecule has 0 aromatic heterocycles. The minimum absolute atomic E-state index is 0.0681. The molecule has 0 unspecified atom stereocenters. The maximum atomic E-state index is 12.2. The van der Waals surface area contributed by atoms with E-state index < -0.39 is 17.1 Å². The van der Waals surface area contributed by atoms with E-state index in [9.17, 15) is 20.0 Å². The fourth-order valence-corrected chi connectivity index (χ4v) is 3.00. The van der Waals surface area contributed by atoms with Gasteiger partial charge in [0.1, 0.15) is 0 Å². The Balaban J connectivity index is 2.00. The van der Waals surface area contributed by atoms with Crippen molar-refractivity contribution in [3.63, 3.8) is 0 Å². The van der Waals surface area contributed by atoms with Crippen LogP contribution in [-0.4, -0.2) is 48.1 Å². The number of halogens is 1. The summed E-state index contributed by atoms with van der Waals surface area (Å²) in [6.45, 7) is 0.791. The number of nitro groups is 1. The van der Waals surface area contributed by atoms with Gasteiger partial charge < -0.3 is 20.6 Å². The first-order valence-corrected chi connectivity index (χ1v) is 9.02. The number of aliphatic hydroxyl groups is 1. The Hall–Kier alpha value is -2.68. The normalized spacial score (nSPS) is 13.0. The summed E-state index contributed by atoms with van der Waals surface area (Å²) in [5.41, 5.74) is 0.875. The zero-order valence-electron chi connectivity index (χ0n) is 15.6. The molecule has 28 heavy (non-hydrogen) atoms. The van der Waals surface area contributed by atoms with Gasteiger partial charge in [-0.1, -0.05) is 41.9 Å². The number of carbonyl (C=O) groups excluding carboxylic acids is 1. The number of benzene rings is 2. The molecule has 0 fully saturated rings. The Morgan fingerprint density at radius 3 is 2.50 bits per heavy atom. The molecular weight excluding hydrogens is 384 g/mol. The van der Waals surface area contributed by atoms with Crippen LogP contribution in [0.1, 0.15) is 11.7 Å². The number of hydrogen-bond donors (Lipinski definition) is 3. The van der Waals surface area contributed by atoms with Crippen molar-refractivity contribution in [2.75, 3.05) is 32.5 Å². The number of aliphatic hydroxyl groups excluding tert-OH is 1. The lowest BCUT2D eigenvalue weighted by Crippen LogP contribution is -2.39. The predicted octanol–water partition coefficient (Wildman–Crippen LogP) is 3.28. The Labute approximate surface area is 168 Å². The van der Waals surface area contributed by atoms with E-state index in [-0.39, 0.29) is 28.9 Å². The summed E-state index contributed by atoms with van der Waals surface area (Å²) in [7, 11) is 3.78. The van der Waals surface area contributed by atoms with Gasteiger partial charge in [-0.25, -0.2) is 4.79 Å². The molecule has 0 saturated carbocycles. The fourth-order valence-electron chi connectivity index (χ4n) is 2.78. The molecule has 2 rings (SSSR count). The Bertz CT molecular complexity index is 817. The highest BCUT2D eigenvalue weighted by Gasteiger charge is 2.22. The maximum absolute atomic E-state index is 12.2. The van der Waals surface area contributed by atoms with Crippen LogP contribution >= 0.6 is 11.6 Å². The van der Waals surface area contributed by atoms with Crippen molar-refractivity contribution in [3.8, 4) is 0 Å². The molecule has 0 radical (unpaired) electrons. The lowest BCUT2D eigenvalue weighted by molar-refractivity contribution is -0.384. The standard InChI is InChI=1S/C19H23ClN4O4/c1-23(2)12-14(18(25)13-6-4-3-5-7-13)11-21-19(26)22-17-9-8-15(24(27)28)10-16(17)20/h3-10,14,18,25H,11-12H2,1-2H3,(H2,21,22,26)/t14-,18+/m1/s1. The smallest absolute Gasteiger partial charge is 0.319 e. The molecule has 2 amide bonds. The van der Waals surface area contributed by atoms with Crippen LogP contribution in [0.3, 0.4) is 0 Å². The van der Waals surface area contributed by atoms with Crippen molar-refractivity contribution in [1.29, 1.82) is 0 Å². The van der Waals surface area contributed by atoms with E-state index in [4.69, 9.17) is 11.6 Å². The van der Waals surface area contributed by atoms with E-state index >= 15 is 0 Å². The van der Waals surface area contributed by atoms with Crippen molar-refractivity contribution in [2.24, 2.45) is 5.92 Å². The number of nitrogens with one attached hydrogen (secondary N) is 2. The zero-order chi connectivity index (χ0) is 20.7. The van der Waals surface area contributed by atoms with Crippen molar-refractivity contribution in [3.05, 3.63) is 69.2 Å². The lowest BCUT2D eigenvalue weighted by atomic mass is 9.95. The van der Waals surface area contributed by atoms with Gasteiger partial charge in [0.2, 0.25) is 0 Å². The molecule has 150 valence electrons. The molecule has 9 heteroatoms. The highest BCUT2D eigenvalue weighted by Crippen LogP contribution is 2.26. The van der Waals surface area contributed by atoms with Crippen LogP contribution in [0.2, 0.25) is 5.02 Å². The van der Waals surface area contributed by atoms with Gasteiger partial charge in [0, 0.05) is 31.1 Å². The van der Waals surface area contributed by atoms with Gasteiger partial charge in [-0.05, 0) is 25.7 Å². The summed E-state index contributed by atoms with van der Waals surface area (Å²) in [6, 6.07) is 12.5. The average molecular weight is 407 g/mol. The molecule has 8 nitrogen and oxygen atoms in total. The number of nitrogens with zero attached hydrogens (tertiary/aromatic N) is 2. The highest BCUT2D eigenvalue weighted by atomic mass is 35.5. The second kappa shape index (κ2) is 10.0. The molecule has 0 aliphatic heterocycles. The van der Waals surface area contributed by atoms with Gasteiger partial charge in [-0.3, -0.25) is 10.1 Å². The third-order valence-corrected chi connectivity index (χ3v) is 4.44. The van der Waals surface area contributed by atoms with Crippen LogP contribution in [0.15, 0.2) is 48.5 Å². The summed E-state index contributed by atoms with van der Waals surface area (Å²) >= 11 is 5.99. The van der Waals surface area contributed by atoms with Crippen LogP contribution < -0.4 is 10.6 Å². The van der Waals surface area contributed by atoms with Crippen LogP contribution in [0, 0.1) is 16.0 Å². The Morgan fingerprint density at radius 2 is 1.93 bits per heavy atom. The van der Waals surface area contributed by atoms with Crippen LogP contribution in [0.25, 0.3) is 0 Å². The molecule has 0 bridgehead atoms. The SMILES string of the molecule is CN(C)C[C@@H](CNC(=O)Nc1ccc([N+](=O)[O-])cc1Cl)[C@@H](O)c1ccccc1. The third kappa shape index (κ3) is 6.19. The van der Waals surface area contributed by atoms with Gasteiger partial charge in [-0.2, -0.15) is 0 Å². The highest BCUT2D eigenvalue weighted by molar-refractivity contribution is 6.33. The van der Waals surface area contributed by atoms with Crippen LogP contribution in [-0.2, 0) is 0 Å². The quantitative estimate of drug-likeness (QED) is 0.460. The van der Waals surface area contributed by atoms with Gasteiger partial charge in [0.25, 0.3) is 5.69 Å². The largest absolute Gasteiger partial charge is 0.388 e. The molecule has 2 atom stereocenters. The third-order valence-electron chi connectivity index (χ3n) is 4.12. The van der Waals surface area contributed by atoms with E-state index in [1.807, 2.05) is 49.3 Å². The van der Waals surface area contributed by atoms with E-state index in [0.29, 0.717) is 6.54 Å². The maximum Gasteiger partial charge on any atom is 0.319 e. The minimum Gasteiger partial charge on any atom is -0.388 e. The van der Waals surface area contributed by atoms with E-state index in [1.54, 1.807) is 0 Å². The van der Waals surface area contributed by atoms with Crippen LogP contribution in [0.5, 0.6) is 0 Å². The molecule has 3 N–H and O–H groups in total. The fraction of sp³-hybridized carbons (Fsp3) is 0.316. The first kappa shape index (κ1) is 21.6. The first-order chi connectivity index (χ1) is 13.3. The van der Waals surface area contributed by atoms with E-state index in [1.165, 1.54) is 18.2 Å². The number of hydrogen-bond acceptors (Lipinski definition) is 5. The van der Waals surface area contributed by atoms with Gasteiger partial charge in [0.15, 0.2) is 0 Å². The predicted molar refractivity (Wildman–Crippen MR) is 109 cm³/mol. The average Bonchev–Trinajstić information content (AvgIpc) is 2.66. The summed E-state index contributed by atoms with van der Waals surface area (Å²) in [6.07, 6.45) is -0.744. The molecule has 0 aliphatic carbocycles. The summed E-state index contributed by atoms with van der Waals surface area (Å²) < 4.78 is 0. The molecule has 0 heterocycles. The lowest BCUT2D eigenvalue weighted by Gasteiger charge is -2.26. The van der Waals surface area contributed by atoms with E-state index in [0.717, 1.165) is 5.56 Å². The van der Waals surface area contributed by atoms with Crippen molar-refractivity contribution < 1.29 is 14.8 Å². The van der Waals surface area contributed by atoms with Crippen molar-refractivity contribution >= 4 is 29.0 Å². The molecule has 2 aromatic carbocycles. The number of urea groups is 1. The van der Waals surface area contributed by atoms with Gasteiger partial charge in [0.05, 0.1) is 21.7 Å². The topological polar surface area (TPSA) is 108 Å². The summed E-state index contributed by atoms with van der Waals surface area (Å²) in [5.74, 6) is -0.240. The monoisotopic (exact) mass is 406 g/mol. The number of nitro benzene ring substituents is 1. The number of anilines is 1. The second-order valence-electron chi connectivity index (χ2n) is 6.63. The van der Waals surface area contributed by atoms with Gasteiger partial charge >= 0.3 is 6.03 Å². The van der Waals surface area contributed by atoms with Crippen LogP contribution in [0.4, 0.5) is 16.2 Å². The zero-order valence-corrected chi connectivity index (χ0v) is 16.4. The van der Waals surface area contributed by atoms with Crippen molar-refractivity contribution in [1.82, 2.24) is 10.2 Å². The number of amides is 2. The second-order valence-corrected chi connectivity index (χ2v) is 7.04. The molecule has 0 spiro atoms. The van der Waals surface area contributed by atoms with Crippen molar-refractivity contribution in [2.45, 2.75) is 6.10 Å². The number of rotatable bonds is 8. The van der Waals surface area contributed by atoms with Gasteiger partial charge in [-0.15, -0.1) is 0 Å². The first-order valence-electron chi connectivity index (χ1n) is 8.64. The molecule has 0 saturated heterocycles. The Morgan fingerprint density at radius 1 is 1.25 bits per heavy atom. The van der Waals surface area contributed by atoms with E-state index in [2.05, 4.69) is 10.6 Å². The molecule has 0 aliphatic rings.